The van der Waals surface area contributed by atoms with E-state index in [1.54, 1.807) is 11.9 Å². The van der Waals surface area contributed by atoms with Crippen LogP contribution in [0.5, 0.6) is 0 Å². The molecule has 4 rings (SSSR count). The average Bonchev–Trinajstić information content (AvgIpc) is 3.17. The molecule has 1 aromatic carbocycles. The maximum Gasteiger partial charge on any atom is 0.238 e. The highest BCUT2D eigenvalue weighted by Crippen LogP contribution is 2.47. The zero-order chi connectivity index (χ0) is 18.3. The number of carbonyl (C=O) groups excluding carboxylic acids is 2. The Balaban J connectivity index is 1.35. The van der Waals surface area contributed by atoms with Gasteiger partial charge in [0.25, 0.3) is 0 Å². The summed E-state index contributed by atoms with van der Waals surface area (Å²) >= 11 is 1.45. The number of anilines is 1. The first-order valence-corrected chi connectivity index (χ1v) is 9.78. The van der Waals surface area contributed by atoms with E-state index in [9.17, 15) is 9.59 Å². The van der Waals surface area contributed by atoms with Crippen molar-refractivity contribution in [2.45, 2.75) is 42.4 Å². The standard InChI is InChI=1S/C20H22N2O3S/c1-12-9-14(12)16-8-7-13(25-16)11-22(2)19(23)10-18-20(24)21-15-5-3-4-6-17(15)26-18/h3-8,12,14,18H,9-11H2,1-2H3,(H,21,24)/t12-,14-,18-/m0/s1. The van der Waals surface area contributed by atoms with Crippen LogP contribution in [0.25, 0.3) is 0 Å². The largest absolute Gasteiger partial charge is 0.464 e. The number of rotatable bonds is 5. The predicted molar refractivity (Wildman–Crippen MR) is 101 cm³/mol. The zero-order valence-corrected chi connectivity index (χ0v) is 15.7. The third-order valence-electron chi connectivity index (χ3n) is 5.04. The van der Waals surface area contributed by atoms with Crippen LogP contribution in [-0.2, 0) is 16.1 Å². The van der Waals surface area contributed by atoms with Gasteiger partial charge in [-0.25, -0.2) is 0 Å². The van der Waals surface area contributed by atoms with Crippen molar-refractivity contribution in [1.29, 1.82) is 0 Å². The van der Waals surface area contributed by atoms with Gasteiger partial charge in [-0.2, -0.15) is 0 Å². The molecule has 0 saturated heterocycles. The number of amides is 2. The van der Waals surface area contributed by atoms with E-state index in [1.165, 1.54) is 18.2 Å². The molecule has 1 aliphatic heterocycles. The van der Waals surface area contributed by atoms with Crippen molar-refractivity contribution in [2.24, 2.45) is 5.92 Å². The Morgan fingerprint density at radius 3 is 2.85 bits per heavy atom. The topological polar surface area (TPSA) is 62.6 Å². The molecule has 136 valence electrons. The van der Waals surface area contributed by atoms with Crippen LogP contribution in [0.15, 0.2) is 45.7 Å². The van der Waals surface area contributed by atoms with Gasteiger partial charge in [-0.3, -0.25) is 9.59 Å². The van der Waals surface area contributed by atoms with Gasteiger partial charge in [0, 0.05) is 24.3 Å². The van der Waals surface area contributed by atoms with E-state index in [2.05, 4.69) is 12.2 Å². The smallest absolute Gasteiger partial charge is 0.238 e. The number of furan rings is 1. The van der Waals surface area contributed by atoms with E-state index in [4.69, 9.17) is 4.42 Å². The van der Waals surface area contributed by atoms with Gasteiger partial charge in [0.15, 0.2) is 0 Å². The number of nitrogens with one attached hydrogen (secondary N) is 1. The minimum absolute atomic E-state index is 0.0604. The summed E-state index contributed by atoms with van der Waals surface area (Å²) in [5, 5.41) is 2.48. The predicted octanol–water partition coefficient (Wildman–Crippen LogP) is 3.86. The van der Waals surface area contributed by atoms with Crippen LogP contribution in [0, 0.1) is 5.92 Å². The van der Waals surface area contributed by atoms with Crippen molar-refractivity contribution in [3.63, 3.8) is 0 Å². The summed E-state index contributed by atoms with van der Waals surface area (Å²) in [4.78, 5) is 27.5. The molecule has 3 atom stereocenters. The molecule has 1 N–H and O–H groups in total. The molecular weight excluding hydrogens is 348 g/mol. The lowest BCUT2D eigenvalue weighted by Gasteiger charge is -2.25. The molecule has 2 aliphatic rings. The highest BCUT2D eigenvalue weighted by molar-refractivity contribution is 8.01. The Kier molecular flexibility index (Phi) is 4.53. The first kappa shape index (κ1) is 17.2. The maximum atomic E-state index is 12.6. The Bertz CT molecular complexity index is 847. The van der Waals surface area contributed by atoms with Gasteiger partial charge in [0.05, 0.1) is 17.5 Å². The second-order valence-corrected chi connectivity index (χ2v) is 8.41. The molecule has 2 heterocycles. The second kappa shape index (κ2) is 6.83. The minimum Gasteiger partial charge on any atom is -0.464 e. The normalized spacial score (nSPS) is 23.9. The lowest BCUT2D eigenvalue weighted by molar-refractivity contribution is -0.132. The highest BCUT2D eigenvalue weighted by atomic mass is 32.2. The first-order valence-electron chi connectivity index (χ1n) is 8.90. The highest BCUT2D eigenvalue weighted by Gasteiger charge is 2.36. The third-order valence-corrected chi connectivity index (χ3v) is 6.32. The number of para-hydroxylation sites is 1. The van der Waals surface area contributed by atoms with Gasteiger partial charge in [-0.05, 0) is 36.6 Å². The first-order chi connectivity index (χ1) is 12.5. The minimum atomic E-state index is -0.403. The Hall–Kier alpha value is -2.21. The van der Waals surface area contributed by atoms with E-state index in [0.717, 1.165) is 22.1 Å². The van der Waals surface area contributed by atoms with Crippen LogP contribution >= 0.6 is 11.8 Å². The van der Waals surface area contributed by atoms with Crippen molar-refractivity contribution in [1.82, 2.24) is 4.90 Å². The van der Waals surface area contributed by atoms with Gasteiger partial charge in [0.1, 0.15) is 11.5 Å². The van der Waals surface area contributed by atoms with Gasteiger partial charge < -0.3 is 14.6 Å². The fourth-order valence-electron chi connectivity index (χ4n) is 3.26. The lowest BCUT2D eigenvalue weighted by Crippen LogP contribution is -2.35. The molecule has 1 aromatic heterocycles. The summed E-state index contributed by atoms with van der Waals surface area (Å²) in [6.45, 7) is 2.64. The number of carbonyl (C=O) groups is 2. The van der Waals surface area contributed by atoms with Crippen molar-refractivity contribution in [3.05, 3.63) is 47.9 Å². The Labute approximate surface area is 157 Å². The summed E-state index contributed by atoms with van der Waals surface area (Å²) in [6, 6.07) is 11.6. The van der Waals surface area contributed by atoms with Crippen LogP contribution in [-0.4, -0.2) is 29.0 Å². The molecule has 2 aromatic rings. The maximum absolute atomic E-state index is 12.6. The monoisotopic (exact) mass is 370 g/mol. The van der Waals surface area contributed by atoms with E-state index < -0.39 is 5.25 Å². The zero-order valence-electron chi connectivity index (χ0n) is 14.9. The fraction of sp³-hybridized carbons (Fsp3) is 0.400. The third kappa shape index (κ3) is 3.51. The molecule has 0 spiro atoms. The van der Waals surface area contributed by atoms with Crippen LogP contribution in [0.3, 0.4) is 0 Å². The van der Waals surface area contributed by atoms with Crippen LogP contribution in [0.2, 0.25) is 0 Å². The Morgan fingerprint density at radius 1 is 1.31 bits per heavy atom. The van der Waals surface area contributed by atoms with Gasteiger partial charge in [-0.1, -0.05) is 19.1 Å². The molecule has 0 radical (unpaired) electrons. The molecule has 1 fully saturated rings. The number of nitrogens with zero attached hydrogens (tertiary/aromatic N) is 1. The second-order valence-electron chi connectivity index (χ2n) is 7.17. The average molecular weight is 370 g/mol. The van der Waals surface area contributed by atoms with E-state index in [-0.39, 0.29) is 18.2 Å². The molecule has 6 heteroatoms. The quantitative estimate of drug-likeness (QED) is 0.868. The number of hydrogen-bond donors (Lipinski definition) is 1. The van der Waals surface area contributed by atoms with Crippen molar-refractivity contribution >= 4 is 29.3 Å². The number of hydrogen-bond acceptors (Lipinski definition) is 4. The number of fused-ring (bicyclic) bond motifs is 1. The van der Waals surface area contributed by atoms with Crippen molar-refractivity contribution in [2.75, 3.05) is 12.4 Å². The summed E-state index contributed by atoms with van der Waals surface area (Å²) in [7, 11) is 1.75. The molecule has 0 unspecified atom stereocenters. The van der Waals surface area contributed by atoms with Crippen molar-refractivity contribution < 1.29 is 14.0 Å². The van der Waals surface area contributed by atoms with E-state index >= 15 is 0 Å². The molecule has 26 heavy (non-hydrogen) atoms. The van der Waals surface area contributed by atoms with Crippen LogP contribution in [0.4, 0.5) is 5.69 Å². The molecule has 1 saturated carbocycles. The molecule has 0 bridgehead atoms. The van der Waals surface area contributed by atoms with Gasteiger partial charge in [0.2, 0.25) is 11.8 Å². The summed E-state index contributed by atoms with van der Waals surface area (Å²) in [6.07, 6.45) is 1.35. The molecular formula is C20H22N2O3S. The van der Waals surface area contributed by atoms with Crippen LogP contribution in [0.1, 0.15) is 37.2 Å². The molecule has 1 aliphatic carbocycles. The van der Waals surface area contributed by atoms with Gasteiger partial charge in [-0.15, -0.1) is 11.8 Å². The SMILES string of the molecule is C[C@H]1C[C@@H]1c1ccc(CN(C)C(=O)C[C@@H]2Sc3ccccc3NC2=O)o1. The summed E-state index contributed by atoms with van der Waals surface area (Å²) in [5.74, 6) is 2.87. The van der Waals surface area contributed by atoms with Gasteiger partial charge >= 0.3 is 0 Å². The number of benzene rings is 1. The van der Waals surface area contributed by atoms with Crippen molar-refractivity contribution in [3.8, 4) is 0 Å². The summed E-state index contributed by atoms with van der Waals surface area (Å²) < 4.78 is 5.88. The fourth-order valence-corrected chi connectivity index (χ4v) is 4.36. The van der Waals surface area contributed by atoms with E-state index in [1.807, 2.05) is 36.4 Å². The summed E-state index contributed by atoms with van der Waals surface area (Å²) in [5.41, 5.74) is 0.817. The van der Waals surface area contributed by atoms with Crippen LogP contribution < -0.4 is 5.32 Å². The molecule has 5 nitrogen and oxygen atoms in total. The Morgan fingerprint density at radius 2 is 2.08 bits per heavy atom. The molecule has 2 amide bonds. The lowest BCUT2D eigenvalue weighted by atomic mass is 10.2. The number of thioether (sulfide) groups is 1. The van der Waals surface area contributed by atoms with E-state index in [0.29, 0.717) is 18.4 Å².